The first-order chi connectivity index (χ1) is 10.4. The van der Waals surface area contributed by atoms with Crippen LogP contribution in [0.4, 0.5) is 5.69 Å². The molecule has 5 nitrogen and oxygen atoms in total. The normalized spacial score (nSPS) is 22.3. The molecule has 2 aromatic carbocycles. The molecule has 1 atom stereocenters. The van der Waals surface area contributed by atoms with Crippen LogP contribution in [0.1, 0.15) is 19.4 Å². The third-order valence-electron chi connectivity index (χ3n) is 4.11. The van der Waals surface area contributed by atoms with Crippen molar-refractivity contribution in [2.45, 2.75) is 25.2 Å². The lowest BCUT2D eigenvalue weighted by atomic mass is 9.96. The second-order valence-electron chi connectivity index (χ2n) is 5.81. The molecule has 5 heteroatoms. The lowest BCUT2D eigenvalue weighted by Crippen LogP contribution is -2.20. The first-order valence-electron chi connectivity index (χ1n) is 7.00. The van der Waals surface area contributed by atoms with Crippen LogP contribution in [0.3, 0.4) is 0 Å². The maximum Gasteiger partial charge on any atom is 0.269 e. The minimum Gasteiger partial charge on any atom is -0.347 e. The molecule has 2 aromatic rings. The summed E-state index contributed by atoms with van der Waals surface area (Å²) >= 11 is 0. The summed E-state index contributed by atoms with van der Waals surface area (Å²) in [5.74, 6) is -0.680. The van der Waals surface area contributed by atoms with Crippen molar-refractivity contribution >= 4 is 5.69 Å². The second-order valence-corrected chi connectivity index (χ2v) is 5.81. The SMILES string of the molecule is CO[C@]1(c2ccc(-c3ccc([N+](=O)[O-])cc3)cc2)OC1(C)C. The summed E-state index contributed by atoms with van der Waals surface area (Å²) in [6.07, 6.45) is 0. The number of hydrogen-bond acceptors (Lipinski definition) is 4. The molecule has 0 spiro atoms. The van der Waals surface area contributed by atoms with E-state index in [0.29, 0.717) is 0 Å². The van der Waals surface area contributed by atoms with Gasteiger partial charge in [0.05, 0.1) is 4.92 Å². The molecule has 1 heterocycles. The van der Waals surface area contributed by atoms with Crippen molar-refractivity contribution in [3.05, 3.63) is 64.2 Å². The number of methoxy groups -OCH3 is 1. The van der Waals surface area contributed by atoms with Crippen LogP contribution in [0.5, 0.6) is 0 Å². The molecule has 0 saturated carbocycles. The van der Waals surface area contributed by atoms with Gasteiger partial charge in [-0.15, -0.1) is 0 Å². The molecular formula is C17H17NO4. The smallest absolute Gasteiger partial charge is 0.269 e. The standard InChI is InChI=1S/C17H17NO4/c1-16(2)17(21-3,22-16)14-8-4-12(5-9-14)13-6-10-15(11-7-13)18(19)20/h4-11H,1-3H3/t17-/m1/s1. The summed E-state index contributed by atoms with van der Waals surface area (Å²) in [6, 6.07) is 14.4. The van der Waals surface area contributed by atoms with E-state index in [1.165, 1.54) is 12.1 Å². The van der Waals surface area contributed by atoms with Crippen molar-refractivity contribution < 1.29 is 14.4 Å². The summed E-state index contributed by atoms with van der Waals surface area (Å²) in [6.45, 7) is 3.97. The molecule has 114 valence electrons. The van der Waals surface area contributed by atoms with Crippen LogP contribution in [0.15, 0.2) is 48.5 Å². The number of nitro benzene ring substituents is 1. The van der Waals surface area contributed by atoms with E-state index in [0.717, 1.165) is 16.7 Å². The fraction of sp³-hybridized carbons (Fsp3) is 0.294. The number of ether oxygens (including phenoxy) is 2. The Hall–Kier alpha value is -2.24. The third-order valence-corrected chi connectivity index (χ3v) is 4.11. The molecule has 0 N–H and O–H groups in total. The second kappa shape index (κ2) is 4.90. The fourth-order valence-corrected chi connectivity index (χ4v) is 2.80. The number of benzene rings is 2. The monoisotopic (exact) mass is 299 g/mol. The Labute approximate surface area is 128 Å². The highest BCUT2D eigenvalue weighted by atomic mass is 16.8. The van der Waals surface area contributed by atoms with E-state index in [1.807, 2.05) is 38.1 Å². The molecule has 1 aliphatic rings. The highest BCUT2D eigenvalue weighted by Gasteiger charge is 2.66. The molecule has 0 unspecified atom stereocenters. The van der Waals surface area contributed by atoms with Gasteiger partial charge in [-0.25, -0.2) is 0 Å². The Kier molecular flexibility index (Phi) is 3.27. The molecular weight excluding hydrogens is 282 g/mol. The van der Waals surface area contributed by atoms with Crippen LogP contribution in [0.25, 0.3) is 11.1 Å². The van der Waals surface area contributed by atoms with Crippen molar-refractivity contribution in [2.75, 3.05) is 7.11 Å². The first-order valence-corrected chi connectivity index (χ1v) is 7.00. The van der Waals surface area contributed by atoms with Gasteiger partial charge in [0.25, 0.3) is 5.69 Å². The number of epoxide rings is 1. The number of non-ortho nitro benzene ring substituents is 1. The molecule has 1 fully saturated rings. The van der Waals surface area contributed by atoms with Gasteiger partial charge < -0.3 is 9.47 Å². The quantitative estimate of drug-likeness (QED) is 0.488. The van der Waals surface area contributed by atoms with Gasteiger partial charge in [0.15, 0.2) is 0 Å². The Morgan fingerprint density at radius 3 is 1.82 bits per heavy atom. The first kappa shape index (κ1) is 14.7. The number of hydrogen-bond donors (Lipinski definition) is 0. The molecule has 0 radical (unpaired) electrons. The zero-order valence-electron chi connectivity index (χ0n) is 12.7. The average Bonchev–Trinajstić information content (AvgIpc) is 3.10. The van der Waals surface area contributed by atoms with E-state index in [1.54, 1.807) is 19.2 Å². The molecule has 0 aliphatic carbocycles. The molecule has 3 rings (SSSR count). The van der Waals surface area contributed by atoms with Gasteiger partial charge in [-0.1, -0.05) is 24.3 Å². The van der Waals surface area contributed by atoms with Crippen LogP contribution in [0.2, 0.25) is 0 Å². The highest BCUT2D eigenvalue weighted by molar-refractivity contribution is 5.65. The topological polar surface area (TPSA) is 64.9 Å². The van der Waals surface area contributed by atoms with Gasteiger partial charge in [-0.3, -0.25) is 10.1 Å². The summed E-state index contributed by atoms with van der Waals surface area (Å²) in [7, 11) is 1.64. The summed E-state index contributed by atoms with van der Waals surface area (Å²) < 4.78 is 11.3. The third kappa shape index (κ3) is 2.19. The average molecular weight is 299 g/mol. The molecule has 0 amide bonds. The Balaban J connectivity index is 1.87. The summed E-state index contributed by atoms with van der Waals surface area (Å²) in [5, 5.41) is 10.7. The highest BCUT2D eigenvalue weighted by Crippen LogP contribution is 2.55. The molecule has 0 aromatic heterocycles. The Bertz CT molecular complexity index is 706. The molecule has 0 bridgehead atoms. The number of nitrogens with zero attached hydrogens (tertiary/aromatic N) is 1. The maximum absolute atomic E-state index is 10.7. The largest absolute Gasteiger partial charge is 0.347 e. The van der Waals surface area contributed by atoms with Crippen molar-refractivity contribution in [3.8, 4) is 11.1 Å². The fourth-order valence-electron chi connectivity index (χ4n) is 2.80. The Morgan fingerprint density at radius 2 is 1.45 bits per heavy atom. The van der Waals surface area contributed by atoms with Crippen LogP contribution in [-0.4, -0.2) is 17.6 Å². The van der Waals surface area contributed by atoms with Crippen LogP contribution >= 0.6 is 0 Å². The van der Waals surface area contributed by atoms with E-state index in [4.69, 9.17) is 9.47 Å². The van der Waals surface area contributed by atoms with Crippen molar-refractivity contribution in [2.24, 2.45) is 0 Å². The predicted octanol–water partition coefficient (Wildman–Crippen LogP) is 3.87. The molecule has 1 aliphatic heterocycles. The van der Waals surface area contributed by atoms with Crippen molar-refractivity contribution in [1.29, 1.82) is 0 Å². The van der Waals surface area contributed by atoms with E-state index in [2.05, 4.69) is 0 Å². The van der Waals surface area contributed by atoms with Gasteiger partial charge in [0, 0.05) is 24.8 Å². The number of nitro groups is 1. The summed E-state index contributed by atoms with van der Waals surface area (Å²) in [5.41, 5.74) is 2.64. The van der Waals surface area contributed by atoms with E-state index < -0.39 is 10.7 Å². The van der Waals surface area contributed by atoms with Crippen molar-refractivity contribution in [1.82, 2.24) is 0 Å². The lowest BCUT2D eigenvalue weighted by Gasteiger charge is -2.14. The zero-order valence-corrected chi connectivity index (χ0v) is 12.7. The minimum absolute atomic E-state index is 0.0897. The van der Waals surface area contributed by atoms with Crippen molar-refractivity contribution in [3.63, 3.8) is 0 Å². The van der Waals surface area contributed by atoms with Gasteiger partial charge in [-0.05, 0) is 37.1 Å². The minimum atomic E-state index is -0.680. The van der Waals surface area contributed by atoms with E-state index >= 15 is 0 Å². The maximum atomic E-state index is 10.7. The lowest BCUT2D eigenvalue weighted by molar-refractivity contribution is -0.384. The zero-order chi connectivity index (χ0) is 16.0. The van der Waals surface area contributed by atoms with E-state index in [9.17, 15) is 10.1 Å². The summed E-state index contributed by atoms with van der Waals surface area (Å²) in [4.78, 5) is 10.3. The Morgan fingerprint density at radius 1 is 1.00 bits per heavy atom. The van der Waals surface area contributed by atoms with Gasteiger partial charge in [0.2, 0.25) is 5.79 Å². The van der Waals surface area contributed by atoms with Gasteiger partial charge in [-0.2, -0.15) is 0 Å². The van der Waals surface area contributed by atoms with E-state index in [-0.39, 0.29) is 11.3 Å². The predicted molar refractivity (Wildman–Crippen MR) is 82.4 cm³/mol. The molecule has 1 saturated heterocycles. The molecule has 22 heavy (non-hydrogen) atoms. The number of rotatable bonds is 4. The van der Waals surface area contributed by atoms with Crippen LogP contribution < -0.4 is 0 Å². The van der Waals surface area contributed by atoms with Gasteiger partial charge in [0.1, 0.15) is 5.60 Å². The van der Waals surface area contributed by atoms with Crippen LogP contribution in [0, 0.1) is 10.1 Å². The van der Waals surface area contributed by atoms with Crippen LogP contribution in [-0.2, 0) is 15.3 Å². The van der Waals surface area contributed by atoms with Gasteiger partial charge >= 0.3 is 0 Å².